The highest BCUT2D eigenvalue weighted by molar-refractivity contribution is 5.96. The van der Waals surface area contributed by atoms with Crippen LogP contribution in [0, 0.1) is 0 Å². The van der Waals surface area contributed by atoms with E-state index in [1.165, 1.54) is 6.92 Å². The molecule has 0 fully saturated rings. The van der Waals surface area contributed by atoms with Crippen molar-refractivity contribution >= 4 is 17.2 Å². The SMILES string of the molecule is CC(=O)CCC(=O)c1cn2ccccc2n1. The first-order valence-electron chi connectivity index (χ1n) is 5.13. The van der Waals surface area contributed by atoms with Gasteiger partial charge in [-0.25, -0.2) is 4.98 Å². The standard InChI is InChI=1S/C12H12N2O2/c1-9(15)5-6-11(16)10-8-14-7-3-2-4-12(14)13-10/h2-4,7-8H,5-6H2,1H3. The van der Waals surface area contributed by atoms with Crippen LogP contribution in [0.5, 0.6) is 0 Å². The van der Waals surface area contributed by atoms with Gasteiger partial charge in [-0.2, -0.15) is 0 Å². The number of Topliss-reactive ketones (excluding diaryl/α,β-unsaturated/α-hetero) is 2. The molecule has 4 heteroatoms. The minimum Gasteiger partial charge on any atom is -0.306 e. The second-order valence-corrected chi connectivity index (χ2v) is 3.72. The first-order chi connectivity index (χ1) is 7.66. The number of aromatic nitrogens is 2. The lowest BCUT2D eigenvalue weighted by Crippen LogP contribution is -2.02. The van der Waals surface area contributed by atoms with E-state index < -0.39 is 0 Å². The Bertz CT molecular complexity index is 510. The predicted molar refractivity (Wildman–Crippen MR) is 59.4 cm³/mol. The maximum Gasteiger partial charge on any atom is 0.183 e. The Kier molecular flexibility index (Phi) is 2.81. The smallest absolute Gasteiger partial charge is 0.183 e. The molecule has 2 heterocycles. The summed E-state index contributed by atoms with van der Waals surface area (Å²) in [6.07, 6.45) is 4.05. The number of rotatable bonds is 4. The van der Waals surface area contributed by atoms with Crippen LogP contribution in [0.25, 0.3) is 5.65 Å². The number of pyridine rings is 1. The van der Waals surface area contributed by atoms with Crippen molar-refractivity contribution in [3.63, 3.8) is 0 Å². The normalized spacial score (nSPS) is 10.6. The zero-order chi connectivity index (χ0) is 11.5. The van der Waals surface area contributed by atoms with Gasteiger partial charge in [0, 0.05) is 25.2 Å². The quantitative estimate of drug-likeness (QED) is 0.733. The van der Waals surface area contributed by atoms with Crippen molar-refractivity contribution in [2.45, 2.75) is 19.8 Å². The molecule has 0 radical (unpaired) electrons. The van der Waals surface area contributed by atoms with Gasteiger partial charge in [-0.15, -0.1) is 0 Å². The number of imidazole rings is 1. The fourth-order valence-corrected chi connectivity index (χ4v) is 1.49. The second kappa shape index (κ2) is 4.26. The van der Waals surface area contributed by atoms with Crippen LogP contribution < -0.4 is 0 Å². The number of carbonyl (C=O) groups excluding carboxylic acids is 2. The summed E-state index contributed by atoms with van der Waals surface area (Å²) >= 11 is 0. The van der Waals surface area contributed by atoms with E-state index in [-0.39, 0.29) is 24.4 Å². The Hall–Kier alpha value is -1.97. The topological polar surface area (TPSA) is 51.4 Å². The second-order valence-electron chi connectivity index (χ2n) is 3.72. The summed E-state index contributed by atoms with van der Waals surface area (Å²) in [6.45, 7) is 1.48. The molecule has 2 aromatic rings. The van der Waals surface area contributed by atoms with Crippen LogP contribution in [0.4, 0.5) is 0 Å². The minimum absolute atomic E-state index is 0.0251. The van der Waals surface area contributed by atoms with E-state index in [1.807, 2.05) is 24.4 Å². The van der Waals surface area contributed by atoms with E-state index in [4.69, 9.17) is 0 Å². The van der Waals surface area contributed by atoms with E-state index in [2.05, 4.69) is 4.98 Å². The Morgan fingerprint density at radius 1 is 1.31 bits per heavy atom. The van der Waals surface area contributed by atoms with Crippen molar-refractivity contribution < 1.29 is 9.59 Å². The average molecular weight is 216 g/mol. The lowest BCUT2D eigenvalue weighted by molar-refractivity contribution is -0.116. The van der Waals surface area contributed by atoms with E-state index in [0.717, 1.165) is 5.65 Å². The van der Waals surface area contributed by atoms with Gasteiger partial charge in [-0.05, 0) is 19.1 Å². The van der Waals surface area contributed by atoms with Crippen molar-refractivity contribution in [2.24, 2.45) is 0 Å². The van der Waals surface area contributed by atoms with Crippen molar-refractivity contribution in [3.8, 4) is 0 Å². The number of nitrogens with zero attached hydrogens (tertiary/aromatic N) is 2. The third kappa shape index (κ3) is 2.16. The van der Waals surface area contributed by atoms with Crippen LogP contribution in [-0.4, -0.2) is 21.0 Å². The van der Waals surface area contributed by atoms with E-state index >= 15 is 0 Å². The number of hydrogen-bond acceptors (Lipinski definition) is 3. The lowest BCUT2D eigenvalue weighted by atomic mass is 10.1. The average Bonchev–Trinajstić information content (AvgIpc) is 2.69. The summed E-state index contributed by atoms with van der Waals surface area (Å²) in [4.78, 5) is 26.7. The van der Waals surface area contributed by atoms with Gasteiger partial charge >= 0.3 is 0 Å². The van der Waals surface area contributed by atoms with Crippen LogP contribution in [-0.2, 0) is 4.79 Å². The summed E-state index contributed by atoms with van der Waals surface area (Å²) in [5, 5.41) is 0. The number of hydrogen-bond donors (Lipinski definition) is 0. The molecule has 0 aliphatic carbocycles. The molecular formula is C12H12N2O2. The third-order valence-electron chi connectivity index (χ3n) is 2.35. The zero-order valence-electron chi connectivity index (χ0n) is 9.01. The molecule has 0 saturated carbocycles. The Morgan fingerprint density at radius 2 is 2.12 bits per heavy atom. The Balaban J connectivity index is 2.20. The molecule has 0 aliphatic rings. The minimum atomic E-state index is -0.0844. The van der Waals surface area contributed by atoms with Gasteiger partial charge in [0.2, 0.25) is 0 Å². The molecule has 2 aromatic heterocycles. The summed E-state index contributed by atoms with van der Waals surface area (Å²) < 4.78 is 1.79. The van der Waals surface area contributed by atoms with Gasteiger partial charge in [0.05, 0.1) is 0 Å². The van der Waals surface area contributed by atoms with Crippen LogP contribution in [0.3, 0.4) is 0 Å². The first-order valence-corrected chi connectivity index (χ1v) is 5.13. The molecule has 0 bridgehead atoms. The molecule has 0 N–H and O–H groups in total. The van der Waals surface area contributed by atoms with Gasteiger partial charge in [0.1, 0.15) is 17.1 Å². The van der Waals surface area contributed by atoms with Crippen LogP contribution in [0.15, 0.2) is 30.6 Å². The molecule has 82 valence electrons. The van der Waals surface area contributed by atoms with Crippen LogP contribution >= 0.6 is 0 Å². The summed E-state index contributed by atoms with van der Waals surface area (Å²) in [5.41, 5.74) is 1.17. The third-order valence-corrected chi connectivity index (χ3v) is 2.35. The van der Waals surface area contributed by atoms with E-state index in [9.17, 15) is 9.59 Å². The molecule has 0 saturated heterocycles. The molecule has 0 unspecified atom stereocenters. The predicted octanol–water partition coefficient (Wildman–Crippen LogP) is 1.89. The highest BCUT2D eigenvalue weighted by Gasteiger charge is 2.10. The molecule has 0 aromatic carbocycles. The first kappa shape index (κ1) is 10.5. The zero-order valence-corrected chi connectivity index (χ0v) is 9.01. The molecule has 4 nitrogen and oxygen atoms in total. The molecule has 0 aliphatic heterocycles. The maximum atomic E-state index is 11.7. The Labute approximate surface area is 92.9 Å². The van der Waals surface area contributed by atoms with Gasteiger partial charge in [-0.3, -0.25) is 4.79 Å². The number of carbonyl (C=O) groups is 2. The maximum absolute atomic E-state index is 11.7. The molecule has 16 heavy (non-hydrogen) atoms. The van der Waals surface area contributed by atoms with Crippen LogP contribution in [0.1, 0.15) is 30.3 Å². The van der Waals surface area contributed by atoms with Gasteiger partial charge in [0.15, 0.2) is 5.78 Å². The summed E-state index contributed by atoms with van der Waals surface area (Å²) in [6, 6.07) is 5.58. The highest BCUT2D eigenvalue weighted by Crippen LogP contribution is 2.08. The number of ketones is 2. The molecule has 2 rings (SSSR count). The van der Waals surface area contributed by atoms with Crippen molar-refractivity contribution in [1.82, 2.24) is 9.38 Å². The van der Waals surface area contributed by atoms with Gasteiger partial charge in [-0.1, -0.05) is 6.07 Å². The monoisotopic (exact) mass is 216 g/mol. The van der Waals surface area contributed by atoms with E-state index in [1.54, 1.807) is 10.6 Å². The largest absolute Gasteiger partial charge is 0.306 e. The molecule has 0 spiro atoms. The van der Waals surface area contributed by atoms with Crippen LogP contribution in [0.2, 0.25) is 0 Å². The van der Waals surface area contributed by atoms with Crippen molar-refractivity contribution in [3.05, 3.63) is 36.3 Å². The molecule has 0 atom stereocenters. The van der Waals surface area contributed by atoms with Gasteiger partial charge < -0.3 is 9.20 Å². The van der Waals surface area contributed by atoms with Crippen molar-refractivity contribution in [1.29, 1.82) is 0 Å². The number of fused-ring (bicyclic) bond motifs is 1. The highest BCUT2D eigenvalue weighted by atomic mass is 16.1. The summed E-state index contributed by atoms with van der Waals surface area (Å²) in [7, 11) is 0. The lowest BCUT2D eigenvalue weighted by Gasteiger charge is -1.92. The summed E-state index contributed by atoms with van der Waals surface area (Å²) in [5.74, 6) is -0.0592. The fourth-order valence-electron chi connectivity index (χ4n) is 1.49. The fraction of sp³-hybridized carbons (Fsp3) is 0.250. The van der Waals surface area contributed by atoms with Crippen molar-refractivity contribution in [2.75, 3.05) is 0 Å². The molecule has 0 amide bonds. The van der Waals surface area contributed by atoms with Gasteiger partial charge in [0.25, 0.3) is 0 Å². The molecular weight excluding hydrogens is 204 g/mol. The Morgan fingerprint density at radius 3 is 2.81 bits per heavy atom. The van der Waals surface area contributed by atoms with E-state index in [0.29, 0.717) is 5.69 Å².